The molecule has 1 saturated carbocycles. The van der Waals surface area contributed by atoms with Crippen LogP contribution in [0.4, 0.5) is 5.82 Å². The van der Waals surface area contributed by atoms with E-state index in [1.165, 1.54) is 19.2 Å². The number of hydrogen-bond donors (Lipinski definition) is 0. The van der Waals surface area contributed by atoms with Crippen molar-refractivity contribution in [3.05, 3.63) is 35.7 Å². The van der Waals surface area contributed by atoms with E-state index in [0.29, 0.717) is 12.0 Å². The highest BCUT2D eigenvalue weighted by atomic mass is 16.3. The Morgan fingerprint density at radius 3 is 2.68 bits per heavy atom. The molecule has 116 valence electrons. The summed E-state index contributed by atoms with van der Waals surface area (Å²) in [5.41, 5.74) is 2.17. The van der Waals surface area contributed by atoms with Gasteiger partial charge in [-0.2, -0.15) is 5.10 Å². The van der Waals surface area contributed by atoms with Gasteiger partial charge in [0, 0.05) is 31.6 Å². The maximum atomic E-state index is 5.26. The average Bonchev–Trinajstić information content (AvgIpc) is 3.24. The third kappa shape index (κ3) is 2.59. The van der Waals surface area contributed by atoms with Gasteiger partial charge in [0.2, 0.25) is 0 Å². The summed E-state index contributed by atoms with van der Waals surface area (Å²) in [5.74, 6) is 2.57. The molecule has 0 bridgehead atoms. The summed E-state index contributed by atoms with van der Waals surface area (Å²) in [6, 6.07) is 4.77. The molecule has 6 nitrogen and oxygen atoms in total. The SMILES string of the molecule is Cc1ocnc1CN(C)C1CN(c2ccc(C3CC3)nn2)C1. The Morgan fingerprint density at radius 2 is 2.09 bits per heavy atom. The minimum absolute atomic E-state index is 0.529. The Morgan fingerprint density at radius 1 is 1.27 bits per heavy atom. The number of rotatable bonds is 5. The van der Waals surface area contributed by atoms with Crippen LogP contribution in [0.15, 0.2) is 22.9 Å². The zero-order chi connectivity index (χ0) is 15.1. The minimum atomic E-state index is 0.529. The Labute approximate surface area is 130 Å². The molecule has 0 spiro atoms. The molecule has 0 aromatic carbocycles. The van der Waals surface area contributed by atoms with Crippen LogP contribution in [0.3, 0.4) is 0 Å². The quantitative estimate of drug-likeness (QED) is 0.841. The third-order valence-electron chi connectivity index (χ3n) is 4.72. The molecule has 2 aromatic rings. The molecule has 2 fully saturated rings. The van der Waals surface area contributed by atoms with Gasteiger partial charge >= 0.3 is 0 Å². The summed E-state index contributed by atoms with van der Waals surface area (Å²) in [4.78, 5) is 8.87. The number of nitrogens with zero attached hydrogens (tertiary/aromatic N) is 5. The van der Waals surface area contributed by atoms with Crippen molar-refractivity contribution < 1.29 is 4.42 Å². The second kappa shape index (κ2) is 5.35. The van der Waals surface area contributed by atoms with Crippen molar-refractivity contribution in [2.75, 3.05) is 25.0 Å². The van der Waals surface area contributed by atoms with Crippen LogP contribution in [0, 0.1) is 6.92 Å². The van der Waals surface area contributed by atoms with Crippen LogP contribution in [-0.4, -0.2) is 46.3 Å². The van der Waals surface area contributed by atoms with Crippen molar-refractivity contribution in [1.29, 1.82) is 0 Å². The molecule has 2 aromatic heterocycles. The first kappa shape index (κ1) is 13.7. The van der Waals surface area contributed by atoms with Crippen LogP contribution in [0.2, 0.25) is 0 Å². The van der Waals surface area contributed by atoms with E-state index in [1.807, 2.05) is 6.92 Å². The van der Waals surface area contributed by atoms with Crippen LogP contribution in [0.1, 0.15) is 35.9 Å². The monoisotopic (exact) mass is 299 g/mol. The Hall–Kier alpha value is -1.95. The highest BCUT2D eigenvalue weighted by molar-refractivity contribution is 5.42. The molecule has 3 heterocycles. The normalized spacial score (nSPS) is 18.8. The zero-order valence-corrected chi connectivity index (χ0v) is 13.1. The first-order valence-electron chi connectivity index (χ1n) is 7.88. The lowest BCUT2D eigenvalue weighted by Crippen LogP contribution is -2.58. The molecule has 2 aliphatic rings. The second-order valence-electron chi connectivity index (χ2n) is 6.42. The topological polar surface area (TPSA) is 58.3 Å². The lowest BCUT2D eigenvalue weighted by atomic mass is 10.1. The lowest BCUT2D eigenvalue weighted by molar-refractivity contribution is 0.194. The Bertz CT molecular complexity index is 643. The summed E-state index contributed by atoms with van der Waals surface area (Å²) in [5, 5.41) is 8.73. The molecular formula is C16H21N5O. The predicted molar refractivity (Wildman–Crippen MR) is 82.7 cm³/mol. The molecule has 4 rings (SSSR count). The van der Waals surface area contributed by atoms with Gasteiger partial charge in [-0.15, -0.1) is 5.10 Å². The Kier molecular flexibility index (Phi) is 3.33. The van der Waals surface area contributed by atoms with Gasteiger partial charge in [0.1, 0.15) is 5.76 Å². The molecule has 1 aliphatic heterocycles. The summed E-state index contributed by atoms with van der Waals surface area (Å²) in [7, 11) is 2.14. The first-order chi connectivity index (χ1) is 10.7. The van der Waals surface area contributed by atoms with E-state index < -0.39 is 0 Å². The summed E-state index contributed by atoms with van der Waals surface area (Å²) in [6.45, 7) is 4.77. The van der Waals surface area contributed by atoms with Crippen molar-refractivity contribution in [2.24, 2.45) is 0 Å². The van der Waals surface area contributed by atoms with Crippen molar-refractivity contribution >= 4 is 5.82 Å². The van der Waals surface area contributed by atoms with E-state index in [4.69, 9.17) is 4.42 Å². The van der Waals surface area contributed by atoms with Gasteiger partial charge in [0.25, 0.3) is 0 Å². The molecule has 0 N–H and O–H groups in total. The highest BCUT2D eigenvalue weighted by Gasteiger charge is 2.32. The van der Waals surface area contributed by atoms with Crippen LogP contribution in [0.25, 0.3) is 0 Å². The maximum absolute atomic E-state index is 5.26. The fourth-order valence-electron chi connectivity index (χ4n) is 2.87. The zero-order valence-electron chi connectivity index (χ0n) is 13.1. The van der Waals surface area contributed by atoms with E-state index >= 15 is 0 Å². The number of oxazole rings is 1. The average molecular weight is 299 g/mol. The second-order valence-corrected chi connectivity index (χ2v) is 6.42. The number of likely N-dealkylation sites (N-methyl/N-ethyl adjacent to an activating group) is 1. The summed E-state index contributed by atoms with van der Waals surface area (Å²) < 4.78 is 5.26. The van der Waals surface area contributed by atoms with Gasteiger partial charge in [-0.25, -0.2) is 4.98 Å². The van der Waals surface area contributed by atoms with Gasteiger partial charge in [-0.3, -0.25) is 4.90 Å². The number of anilines is 1. The van der Waals surface area contributed by atoms with Crippen LogP contribution in [-0.2, 0) is 6.54 Å². The molecule has 6 heteroatoms. The van der Waals surface area contributed by atoms with E-state index in [1.54, 1.807) is 0 Å². The molecule has 1 saturated heterocycles. The molecule has 0 atom stereocenters. The molecule has 22 heavy (non-hydrogen) atoms. The van der Waals surface area contributed by atoms with Crippen molar-refractivity contribution in [2.45, 2.75) is 38.3 Å². The molecular weight excluding hydrogens is 278 g/mol. The van der Waals surface area contributed by atoms with Gasteiger partial charge in [-0.05, 0) is 38.9 Å². The van der Waals surface area contributed by atoms with Crippen LogP contribution >= 0.6 is 0 Å². The summed E-state index contributed by atoms with van der Waals surface area (Å²) >= 11 is 0. The van der Waals surface area contributed by atoms with Crippen molar-refractivity contribution in [3.63, 3.8) is 0 Å². The predicted octanol–water partition coefficient (Wildman–Crippen LogP) is 1.97. The minimum Gasteiger partial charge on any atom is -0.448 e. The van der Waals surface area contributed by atoms with Crippen molar-refractivity contribution in [1.82, 2.24) is 20.1 Å². The summed E-state index contributed by atoms with van der Waals surface area (Å²) in [6.07, 6.45) is 4.06. The molecule has 1 aliphatic carbocycles. The van der Waals surface area contributed by atoms with E-state index in [2.05, 4.69) is 44.2 Å². The lowest BCUT2D eigenvalue weighted by Gasteiger charge is -2.44. The van der Waals surface area contributed by atoms with Gasteiger partial charge in [-0.1, -0.05) is 0 Å². The van der Waals surface area contributed by atoms with Crippen LogP contribution < -0.4 is 4.90 Å². The van der Waals surface area contributed by atoms with Crippen molar-refractivity contribution in [3.8, 4) is 0 Å². The molecule has 0 amide bonds. The van der Waals surface area contributed by atoms with Crippen LogP contribution in [0.5, 0.6) is 0 Å². The van der Waals surface area contributed by atoms with E-state index in [0.717, 1.165) is 42.6 Å². The number of aromatic nitrogens is 3. The molecule has 0 unspecified atom stereocenters. The smallest absolute Gasteiger partial charge is 0.181 e. The maximum Gasteiger partial charge on any atom is 0.181 e. The fraction of sp³-hybridized carbons (Fsp3) is 0.562. The van der Waals surface area contributed by atoms with Gasteiger partial charge < -0.3 is 9.32 Å². The number of hydrogen-bond acceptors (Lipinski definition) is 6. The molecule has 0 radical (unpaired) electrons. The van der Waals surface area contributed by atoms with E-state index in [-0.39, 0.29) is 0 Å². The highest BCUT2D eigenvalue weighted by Crippen LogP contribution is 2.38. The first-order valence-corrected chi connectivity index (χ1v) is 7.88. The largest absolute Gasteiger partial charge is 0.448 e. The number of aryl methyl sites for hydroxylation is 1. The fourth-order valence-corrected chi connectivity index (χ4v) is 2.87. The van der Waals surface area contributed by atoms with Gasteiger partial charge in [0.05, 0.1) is 11.4 Å². The van der Waals surface area contributed by atoms with Gasteiger partial charge in [0.15, 0.2) is 12.2 Å². The Balaban J connectivity index is 1.32. The standard InChI is InChI=1S/C16H21N5O/c1-11-15(17-10-22-11)9-20(2)13-7-21(8-13)16-6-5-14(18-19-16)12-3-4-12/h5-6,10,12-13H,3-4,7-9H2,1-2H3. The third-order valence-corrected chi connectivity index (χ3v) is 4.72. The van der Waals surface area contributed by atoms with E-state index in [9.17, 15) is 0 Å².